The minimum Gasteiger partial charge on any atom is -0.472 e. The minimum absolute atomic E-state index is 0.156. The average Bonchev–Trinajstić information content (AvgIpc) is 2.66. The third-order valence-corrected chi connectivity index (χ3v) is 2.73. The Labute approximate surface area is 89.2 Å². The van der Waals surface area contributed by atoms with Gasteiger partial charge < -0.3 is 9.73 Å². The molecule has 0 unspecified atom stereocenters. The van der Waals surface area contributed by atoms with Crippen LogP contribution in [0.3, 0.4) is 0 Å². The molecule has 1 fully saturated rings. The molecule has 82 valence electrons. The van der Waals surface area contributed by atoms with Gasteiger partial charge in [0, 0.05) is 26.2 Å². The maximum Gasteiger partial charge on any atom is 0.180 e. The highest BCUT2D eigenvalue weighted by Gasteiger charge is 2.17. The van der Waals surface area contributed by atoms with Crippen LogP contribution in [0.2, 0.25) is 0 Å². The van der Waals surface area contributed by atoms with E-state index < -0.39 is 0 Å². The molecule has 0 bridgehead atoms. The lowest BCUT2D eigenvalue weighted by molar-refractivity contribution is 0.0920. The van der Waals surface area contributed by atoms with Crippen LogP contribution >= 0.6 is 0 Å². The van der Waals surface area contributed by atoms with E-state index in [0.717, 1.165) is 31.7 Å². The van der Waals surface area contributed by atoms with Crippen molar-refractivity contribution in [3.63, 3.8) is 0 Å². The van der Waals surface area contributed by atoms with E-state index in [-0.39, 0.29) is 5.78 Å². The molecular formula is C11H16N2O2. The molecule has 0 atom stereocenters. The number of furan rings is 1. The van der Waals surface area contributed by atoms with Crippen molar-refractivity contribution in [2.75, 3.05) is 32.7 Å². The Hall–Kier alpha value is -1.13. The maximum absolute atomic E-state index is 11.9. The van der Waals surface area contributed by atoms with Crippen LogP contribution in [-0.2, 0) is 0 Å². The second-order valence-corrected chi connectivity index (χ2v) is 3.92. The fraction of sp³-hybridized carbons (Fsp3) is 0.545. The van der Waals surface area contributed by atoms with Crippen molar-refractivity contribution in [1.82, 2.24) is 10.2 Å². The van der Waals surface area contributed by atoms with Crippen molar-refractivity contribution >= 4 is 5.78 Å². The van der Waals surface area contributed by atoms with Gasteiger partial charge in [-0.3, -0.25) is 9.69 Å². The summed E-state index contributed by atoms with van der Waals surface area (Å²) in [6.45, 7) is 6.23. The van der Waals surface area contributed by atoms with E-state index in [1.165, 1.54) is 0 Å². The number of hydrogen-bond acceptors (Lipinski definition) is 4. The number of rotatable bonds is 3. The molecule has 0 aliphatic carbocycles. The summed E-state index contributed by atoms with van der Waals surface area (Å²) in [7, 11) is 0. The van der Waals surface area contributed by atoms with Crippen LogP contribution < -0.4 is 5.32 Å². The molecule has 1 aliphatic rings. The summed E-state index contributed by atoms with van der Waals surface area (Å²) in [4.78, 5) is 14.0. The second-order valence-electron chi connectivity index (χ2n) is 3.92. The molecule has 0 saturated carbocycles. The van der Waals surface area contributed by atoms with Gasteiger partial charge in [-0.05, 0) is 12.5 Å². The molecule has 0 amide bonds. The van der Waals surface area contributed by atoms with Crippen molar-refractivity contribution in [3.05, 3.63) is 23.7 Å². The first-order valence-corrected chi connectivity index (χ1v) is 5.26. The Morgan fingerprint density at radius 2 is 2.20 bits per heavy atom. The third-order valence-electron chi connectivity index (χ3n) is 2.73. The van der Waals surface area contributed by atoms with E-state index in [1.807, 2.05) is 6.92 Å². The normalized spacial score (nSPS) is 17.9. The highest BCUT2D eigenvalue weighted by atomic mass is 16.3. The van der Waals surface area contributed by atoms with Gasteiger partial charge in [-0.25, -0.2) is 0 Å². The largest absolute Gasteiger partial charge is 0.472 e. The number of carbonyl (C=O) groups is 1. The van der Waals surface area contributed by atoms with Crippen molar-refractivity contribution in [1.29, 1.82) is 0 Å². The van der Waals surface area contributed by atoms with Crippen LogP contribution in [0.15, 0.2) is 16.9 Å². The van der Waals surface area contributed by atoms with Crippen LogP contribution in [0.1, 0.15) is 15.9 Å². The van der Waals surface area contributed by atoms with Crippen molar-refractivity contribution in [3.8, 4) is 0 Å². The van der Waals surface area contributed by atoms with Crippen molar-refractivity contribution < 1.29 is 9.21 Å². The molecule has 1 aliphatic heterocycles. The molecule has 4 heteroatoms. The lowest BCUT2D eigenvalue weighted by atomic mass is 10.1. The van der Waals surface area contributed by atoms with E-state index in [0.29, 0.717) is 12.1 Å². The summed E-state index contributed by atoms with van der Waals surface area (Å²) in [6.07, 6.45) is 3.16. The standard InChI is InChI=1S/C11H16N2O2/c1-9-7-15-8-10(9)11(14)6-13-4-2-12-3-5-13/h7-8,12H,2-6H2,1H3. The highest BCUT2D eigenvalue weighted by molar-refractivity contribution is 5.98. The van der Waals surface area contributed by atoms with Gasteiger partial charge in [0.25, 0.3) is 0 Å². The number of Topliss-reactive ketones (excluding diaryl/α,β-unsaturated/α-hetero) is 1. The molecule has 15 heavy (non-hydrogen) atoms. The summed E-state index contributed by atoms with van der Waals surface area (Å²) in [6, 6.07) is 0. The van der Waals surface area contributed by atoms with Gasteiger partial charge in [0.05, 0.1) is 18.4 Å². The average molecular weight is 208 g/mol. The topological polar surface area (TPSA) is 45.5 Å². The third kappa shape index (κ3) is 2.46. The number of carbonyl (C=O) groups excluding carboxylic acids is 1. The fourth-order valence-corrected chi connectivity index (χ4v) is 1.80. The monoisotopic (exact) mass is 208 g/mol. The summed E-state index contributed by atoms with van der Waals surface area (Å²) < 4.78 is 5.00. The predicted octanol–water partition coefficient (Wildman–Crippen LogP) is 0.676. The van der Waals surface area contributed by atoms with E-state index in [4.69, 9.17) is 4.42 Å². The van der Waals surface area contributed by atoms with E-state index in [1.54, 1.807) is 12.5 Å². The van der Waals surface area contributed by atoms with Crippen LogP contribution in [-0.4, -0.2) is 43.4 Å². The zero-order valence-corrected chi connectivity index (χ0v) is 8.95. The van der Waals surface area contributed by atoms with E-state index in [9.17, 15) is 4.79 Å². The first-order valence-electron chi connectivity index (χ1n) is 5.26. The molecule has 0 aromatic carbocycles. The Morgan fingerprint density at radius 1 is 1.47 bits per heavy atom. The molecule has 2 rings (SSSR count). The van der Waals surface area contributed by atoms with Gasteiger partial charge in [0.2, 0.25) is 0 Å². The van der Waals surface area contributed by atoms with Gasteiger partial charge in [-0.15, -0.1) is 0 Å². The molecule has 4 nitrogen and oxygen atoms in total. The van der Waals surface area contributed by atoms with Gasteiger partial charge in [0.1, 0.15) is 6.26 Å². The summed E-state index contributed by atoms with van der Waals surface area (Å²) in [5, 5.41) is 3.26. The smallest absolute Gasteiger partial charge is 0.180 e. The summed E-state index contributed by atoms with van der Waals surface area (Å²) >= 11 is 0. The zero-order valence-electron chi connectivity index (χ0n) is 8.95. The van der Waals surface area contributed by atoms with Crippen LogP contribution in [0, 0.1) is 6.92 Å². The minimum atomic E-state index is 0.156. The van der Waals surface area contributed by atoms with Crippen molar-refractivity contribution in [2.24, 2.45) is 0 Å². The predicted molar refractivity (Wildman–Crippen MR) is 57.1 cm³/mol. The molecule has 0 spiro atoms. The first kappa shape index (κ1) is 10.4. The summed E-state index contributed by atoms with van der Waals surface area (Å²) in [5.74, 6) is 0.156. The Bertz CT molecular complexity index is 340. The van der Waals surface area contributed by atoms with Crippen molar-refractivity contribution in [2.45, 2.75) is 6.92 Å². The number of hydrogen-bond donors (Lipinski definition) is 1. The molecule has 1 saturated heterocycles. The Kier molecular flexibility index (Phi) is 3.18. The Morgan fingerprint density at radius 3 is 2.80 bits per heavy atom. The Balaban J connectivity index is 1.94. The zero-order chi connectivity index (χ0) is 10.7. The van der Waals surface area contributed by atoms with Gasteiger partial charge >= 0.3 is 0 Å². The van der Waals surface area contributed by atoms with Gasteiger partial charge in [0.15, 0.2) is 5.78 Å². The lowest BCUT2D eigenvalue weighted by Gasteiger charge is -2.26. The van der Waals surface area contributed by atoms with Crippen LogP contribution in [0.4, 0.5) is 0 Å². The first-order chi connectivity index (χ1) is 7.27. The quantitative estimate of drug-likeness (QED) is 0.742. The molecular weight excluding hydrogens is 192 g/mol. The highest BCUT2D eigenvalue weighted by Crippen LogP contribution is 2.10. The van der Waals surface area contributed by atoms with Crippen LogP contribution in [0.5, 0.6) is 0 Å². The SMILES string of the molecule is Cc1cocc1C(=O)CN1CCNCC1. The van der Waals surface area contributed by atoms with Gasteiger partial charge in [-0.1, -0.05) is 0 Å². The molecule has 1 aromatic heterocycles. The number of piperazine rings is 1. The second kappa shape index (κ2) is 4.59. The maximum atomic E-state index is 11.9. The number of nitrogens with zero attached hydrogens (tertiary/aromatic N) is 1. The fourth-order valence-electron chi connectivity index (χ4n) is 1.80. The molecule has 1 aromatic rings. The lowest BCUT2D eigenvalue weighted by Crippen LogP contribution is -2.45. The molecule has 2 heterocycles. The number of aryl methyl sites for hydroxylation is 1. The van der Waals surface area contributed by atoms with E-state index in [2.05, 4.69) is 10.2 Å². The molecule has 0 radical (unpaired) electrons. The summed E-state index contributed by atoms with van der Waals surface area (Å²) in [5.41, 5.74) is 1.64. The van der Waals surface area contributed by atoms with Gasteiger partial charge in [-0.2, -0.15) is 0 Å². The number of nitrogens with one attached hydrogen (secondary N) is 1. The number of ketones is 1. The molecule has 1 N–H and O–H groups in total. The van der Waals surface area contributed by atoms with E-state index >= 15 is 0 Å². The van der Waals surface area contributed by atoms with Crippen LogP contribution in [0.25, 0.3) is 0 Å².